The van der Waals surface area contributed by atoms with Crippen molar-refractivity contribution >= 4 is 11.4 Å². The van der Waals surface area contributed by atoms with Crippen LogP contribution in [0.15, 0.2) is 10.3 Å². The first-order chi connectivity index (χ1) is 5.28. The van der Waals surface area contributed by atoms with Gasteiger partial charge in [0.15, 0.2) is 0 Å². The molecule has 4 heteroatoms. The van der Waals surface area contributed by atoms with Crippen molar-refractivity contribution in [2.75, 3.05) is 0 Å². The molecule has 2 saturated carbocycles. The van der Waals surface area contributed by atoms with E-state index in [4.69, 9.17) is 10.4 Å². The van der Waals surface area contributed by atoms with Crippen LogP contribution in [0.3, 0.4) is 0 Å². The quantitative estimate of drug-likeness (QED) is 0.407. The summed E-state index contributed by atoms with van der Waals surface area (Å²) < 4.78 is 0. The predicted molar refractivity (Wildman–Crippen MR) is 39.3 cm³/mol. The zero-order chi connectivity index (χ0) is 7.90. The van der Waals surface area contributed by atoms with E-state index in [0.29, 0.717) is 5.41 Å². The molecule has 2 rings (SSSR count). The van der Waals surface area contributed by atoms with E-state index in [1.165, 1.54) is 0 Å². The maximum Gasteiger partial charge on any atom is 0.0582 e. The summed E-state index contributed by atoms with van der Waals surface area (Å²) in [5.41, 5.74) is 2.06. The van der Waals surface area contributed by atoms with Gasteiger partial charge in [-0.25, -0.2) is 0 Å². The maximum absolute atomic E-state index is 8.37. The monoisotopic (exact) mass is 154 g/mol. The van der Waals surface area contributed by atoms with Gasteiger partial charge < -0.3 is 10.4 Å². The highest BCUT2D eigenvalue weighted by molar-refractivity contribution is 6.00. The molecule has 0 aliphatic heterocycles. The third-order valence-corrected chi connectivity index (χ3v) is 2.60. The first kappa shape index (κ1) is 6.64. The van der Waals surface area contributed by atoms with Crippen molar-refractivity contribution in [3.63, 3.8) is 0 Å². The summed E-state index contributed by atoms with van der Waals surface area (Å²) in [4.78, 5) is 0. The van der Waals surface area contributed by atoms with Gasteiger partial charge in [0.2, 0.25) is 0 Å². The van der Waals surface area contributed by atoms with E-state index in [9.17, 15) is 0 Å². The minimum absolute atomic E-state index is 0.309. The summed E-state index contributed by atoms with van der Waals surface area (Å²) in [6, 6.07) is 0. The van der Waals surface area contributed by atoms with Gasteiger partial charge in [0, 0.05) is 0 Å². The van der Waals surface area contributed by atoms with Crippen molar-refractivity contribution in [2.24, 2.45) is 15.7 Å². The van der Waals surface area contributed by atoms with Crippen molar-refractivity contribution < 1.29 is 10.4 Å². The molecular weight excluding hydrogens is 144 g/mol. The summed E-state index contributed by atoms with van der Waals surface area (Å²) in [6.07, 6.45) is 3.51. The Morgan fingerprint density at radius 3 is 1.55 bits per heavy atom. The highest BCUT2D eigenvalue weighted by Gasteiger charge is 2.50. The molecule has 0 atom stereocenters. The predicted octanol–water partition coefficient (Wildman–Crippen LogP) is 1.22. The Kier molecular flexibility index (Phi) is 1.19. The average Bonchev–Trinajstić information content (AvgIpc) is 1.83. The Hall–Kier alpha value is -1.06. The van der Waals surface area contributed by atoms with Crippen LogP contribution in [0, 0.1) is 5.41 Å². The van der Waals surface area contributed by atoms with Crippen LogP contribution in [-0.4, -0.2) is 21.8 Å². The Bertz CT molecular complexity index is 199. The third-order valence-electron chi connectivity index (χ3n) is 2.60. The van der Waals surface area contributed by atoms with Crippen LogP contribution >= 0.6 is 0 Å². The van der Waals surface area contributed by atoms with Crippen molar-refractivity contribution in [3.05, 3.63) is 0 Å². The number of hydrogen-bond donors (Lipinski definition) is 2. The molecule has 1 spiro atoms. The van der Waals surface area contributed by atoms with Gasteiger partial charge in [-0.2, -0.15) is 0 Å². The molecule has 2 aliphatic carbocycles. The van der Waals surface area contributed by atoms with Crippen molar-refractivity contribution in [2.45, 2.75) is 25.7 Å². The summed E-state index contributed by atoms with van der Waals surface area (Å²) >= 11 is 0. The number of nitrogens with zero attached hydrogens (tertiary/aromatic N) is 2. The lowest BCUT2D eigenvalue weighted by atomic mass is 9.54. The van der Waals surface area contributed by atoms with Gasteiger partial charge in [-0.05, 0) is 31.1 Å². The molecule has 0 aromatic carbocycles. The molecule has 0 saturated heterocycles. The zero-order valence-electron chi connectivity index (χ0n) is 6.12. The SMILES string of the molecule is ON=C1CC2(C1)CC(=NO)C2. The molecule has 0 unspecified atom stereocenters. The van der Waals surface area contributed by atoms with Crippen molar-refractivity contribution in [1.29, 1.82) is 0 Å². The highest BCUT2D eigenvalue weighted by atomic mass is 16.4. The van der Waals surface area contributed by atoms with Crippen LogP contribution in [0.1, 0.15) is 25.7 Å². The second-order valence-corrected chi connectivity index (χ2v) is 3.54. The van der Waals surface area contributed by atoms with Crippen LogP contribution in [0.25, 0.3) is 0 Å². The molecular formula is C7H10N2O2. The minimum atomic E-state index is 0.309. The standard InChI is InChI=1S/C7H10N2O2/c10-8-5-1-7(2-5)3-6(4-7)9-11/h10-11H,1-4H2. The molecule has 0 bridgehead atoms. The van der Waals surface area contributed by atoms with Gasteiger partial charge in [0.25, 0.3) is 0 Å². The van der Waals surface area contributed by atoms with E-state index in [1.54, 1.807) is 0 Å². The molecule has 0 heterocycles. The Morgan fingerprint density at radius 1 is 0.909 bits per heavy atom. The Balaban J connectivity index is 1.93. The van der Waals surface area contributed by atoms with Crippen LogP contribution < -0.4 is 0 Å². The van der Waals surface area contributed by atoms with Crippen LogP contribution in [0.2, 0.25) is 0 Å². The highest BCUT2D eigenvalue weighted by Crippen LogP contribution is 2.52. The molecule has 0 amide bonds. The van der Waals surface area contributed by atoms with E-state index in [-0.39, 0.29) is 0 Å². The number of rotatable bonds is 0. The van der Waals surface area contributed by atoms with E-state index in [2.05, 4.69) is 10.3 Å². The summed E-state index contributed by atoms with van der Waals surface area (Å²) in [5, 5.41) is 23.0. The fourth-order valence-electron chi connectivity index (χ4n) is 2.02. The lowest BCUT2D eigenvalue weighted by molar-refractivity contribution is 0.206. The van der Waals surface area contributed by atoms with Gasteiger partial charge in [0.05, 0.1) is 11.4 Å². The molecule has 2 aliphatic rings. The molecule has 0 radical (unpaired) electrons. The second kappa shape index (κ2) is 1.96. The van der Waals surface area contributed by atoms with Crippen molar-refractivity contribution in [3.8, 4) is 0 Å². The van der Waals surface area contributed by atoms with Gasteiger partial charge >= 0.3 is 0 Å². The number of hydrogen-bond acceptors (Lipinski definition) is 4. The van der Waals surface area contributed by atoms with E-state index >= 15 is 0 Å². The Morgan fingerprint density at radius 2 is 1.27 bits per heavy atom. The van der Waals surface area contributed by atoms with E-state index < -0.39 is 0 Å². The topological polar surface area (TPSA) is 65.2 Å². The van der Waals surface area contributed by atoms with Gasteiger partial charge in [0.1, 0.15) is 0 Å². The van der Waals surface area contributed by atoms with Gasteiger partial charge in [-0.3, -0.25) is 0 Å². The van der Waals surface area contributed by atoms with Crippen LogP contribution in [0.5, 0.6) is 0 Å². The fourth-order valence-corrected chi connectivity index (χ4v) is 2.02. The van der Waals surface area contributed by atoms with Gasteiger partial charge in [-0.1, -0.05) is 10.3 Å². The number of oxime groups is 2. The Labute approximate surface area is 64.2 Å². The molecule has 0 aromatic rings. The molecule has 2 fully saturated rings. The molecule has 2 N–H and O–H groups in total. The first-order valence-electron chi connectivity index (χ1n) is 3.68. The molecule has 0 aromatic heterocycles. The summed E-state index contributed by atoms with van der Waals surface area (Å²) in [7, 11) is 0. The smallest absolute Gasteiger partial charge is 0.0582 e. The lowest BCUT2D eigenvalue weighted by Crippen LogP contribution is -2.48. The lowest BCUT2D eigenvalue weighted by Gasteiger charge is -2.49. The first-order valence-corrected chi connectivity index (χ1v) is 3.68. The van der Waals surface area contributed by atoms with Crippen molar-refractivity contribution in [1.82, 2.24) is 0 Å². The zero-order valence-corrected chi connectivity index (χ0v) is 6.12. The fraction of sp³-hybridized carbons (Fsp3) is 0.714. The normalized spacial score (nSPS) is 34.5. The second-order valence-electron chi connectivity index (χ2n) is 3.54. The van der Waals surface area contributed by atoms with E-state index in [1.807, 2.05) is 0 Å². The summed E-state index contributed by atoms with van der Waals surface area (Å²) in [6.45, 7) is 0. The largest absolute Gasteiger partial charge is 0.411 e. The minimum Gasteiger partial charge on any atom is -0.411 e. The molecule has 11 heavy (non-hydrogen) atoms. The summed E-state index contributed by atoms with van der Waals surface area (Å²) in [5.74, 6) is 0. The molecule has 60 valence electrons. The van der Waals surface area contributed by atoms with E-state index in [0.717, 1.165) is 37.1 Å². The third kappa shape index (κ3) is 0.818. The molecule has 4 nitrogen and oxygen atoms in total. The van der Waals surface area contributed by atoms with Crippen LogP contribution in [0.4, 0.5) is 0 Å². The average molecular weight is 154 g/mol. The maximum atomic E-state index is 8.37. The van der Waals surface area contributed by atoms with Crippen LogP contribution in [-0.2, 0) is 0 Å². The van der Waals surface area contributed by atoms with Gasteiger partial charge in [-0.15, -0.1) is 0 Å².